The molecule has 108 valence electrons. The van der Waals surface area contributed by atoms with Crippen LogP contribution in [0.1, 0.15) is 6.42 Å². The van der Waals surface area contributed by atoms with Gasteiger partial charge in [0.15, 0.2) is 0 Å². The van der Waals surface area contributed by atoms with E-state index in [0.717, 1.165) is 0 Å². The second kappa shape index (κ2) is 7.57. The van der Waals surface area contributed by atoms with Crippen LogP contribution >= 0.6 is 0 Å². The summed E-state index contributed by atoms with van der Waals surface area (Å²) in [7, 11) is 1.35. The first-order valence-corrected chi connectivity index (χ1v) is 6.06. The number of carbonyl (C=O) groups excluding carboxylic acids is 2. The van der Waals surface area contributed by atoms with Gasteiger partial charge in [-0.2, -0.15) is 0 Å². The number of nitrogens with zero attached hydrogens (tertiary/aromatic N) is 2. The van der Waals surface area contributed by atoms with Gasteiger partial charge in [-0.05, 0) is 0 Å². The molecule has 0 aromatic carbocycles. The van der Waals surface area contributed by atoms with E-state index in [1.807, 2.05) is 0 Å². The van der Waals surface area contributed by atoms with Crippen molar-refractivity contribution in [3.8, 4) is 0 Å². The molecule has 0 atom stereocenters. The number of amides is 2. The standard InChI is InChI=1S/C11H19N3O5/c1-19-10(17)2-3-13-4-6-14(7-5-13)11(18)12-8-9(15)16/h2-8H2,1H3,(H,12,18)(H,15,16). The number of hydrogen-bond acceptors (Lipinski definition) is 5. The van der Waals surface area contributed by atoms with Gasteiger partial charge in [-0.25, -0.2) is 4.79 Å². The van der Waals surface area contributed by atoms with Gasteiger partial charge in [0.2, 0.25) is 0 Å². The van der Waals surface area contributed by atoms with Crippen molar-refractivity contribution in [1.29, 1.82) is 0 Å². The Hall–Kier alpha value is -1.83. The van der Waals surface area contributed by atoms with Gasteiger partial charge in [-0.1, -0.05) is 0 Å². The molecular weight excluding hydrogens is 254 g/mol. The lowest BCUT2D eigenvalue weighted by atomic mass is 10.3. The van der Waals surface area contributed by atoms with Crippen molar-refractivity contribution in [2.24, 2.45) is 0 Å². The highest BCUT2D eigenvalue weighted by Gasteiger charge is 2.21. The molecule has 2 N–H and O–H groups in total. The highest BCUT2D eigenvalue weighted by atomic mass is 16.5. The lowest BCUT2D eigenvalue weighted by Gasteiger charge is -2.34. The lowest BCUT2D eigenvalue weighted by molar-refractivity contribution is -0.141. The summed E-state index contributed by atoms with van der Waals surface area (Å²) in [6.45, 7) is 2.60. The monoisotopic (exact) mass is 273 g/mol. The van der Waals surface area contributed by atoms with Crippen LogP contribution in [-0.4, -0.2) is 79.3 Å². The average molecular weight is 273 g/mol. The van der Waals surface area contributed by atoms with Gasteiger partial charge in [0.1, 0.15) is 6.54 Å². The molecule has 0 aromatic heterocycles. The van der Waals surface area contributed by atoms with Gasteiger partial charge >= 0.3 is 18.0 Å². The van der Waals surface area contributed by atoms with E-state index in [1.54, 1.807) is 4.90 Å². The highest BCUT2D eigenvalue weighted by molar-refractivity contribution is 5.80. The first-order chi connectivity index (χ1) is 9.02. The zero-order valence-electron chi connectivity index (χ0n) is 10.9. The second-order valence-electron chi connectivity index (χ2n) is 4.21. The zero-order valence-corrected chi connectivity index (χ0v) is 10.9. The molecule has 1 heterocycles. The fraction of sp³-hybridized carbons (Fsp3) is 0.727. The third-order valence-corrected chi connectivity index (χ3v) is 2.91. The van der Waals surface area contributed by atoms with Crippen LogP contribution in [0.5, 0.6) is 0 Å². The zero-order chi connectivity index (χ0) is 14.3. The van der Waals surface area contributed by atoms with Crippen molar-refractivity contribution in [3.05, 3.63) is 0 Å². The van der Waals surface area contributed by atoms with Crippen LogP contribution in [0.15, 0.2) is 0 Å². The Morgan fingerprint density at radius 2 is 1.84 bits per heavy atom. The SMILES string of the molecule is COC(=O)CCN1CCN(C(=O)NCC(=O)O)CC1. The number of carbonyl (C=O) groups is 3. The summed E-state index contributed by atoms with van der Waals surface area (Å²) in [6.07, 6.45) is 0.335. The molecule has 0 bridgehead atoms. The van der Waals surface area contributed by atoms with Crippen molar-refractivity contribution in [2.75, 3.05) is 46.4 Å². The maximum absolute atomic E-state index is 11.6. The van der Waals surface area contributed by atoms with Crippen molar-refractivity contribution in [1.82, 2.24) is 15.1 Å². The fourth-order valence-corrected chi connectivity index (χ4v) is 1.79. The molecule has 1 aliphatic rings. The molecule has 8 nitrogen and oxygen atoms in total. The number of rotatable bonds is 5. The number of carboxylic acid groups (broad SMARTS) is 1. The van der Waals surface area contributed by atoms with Gasteiger partial charge in [-0.15, -0.1) is 0 Å². The topological polar surface area (TPSA) is 99.2 Å². The average Bonchev–Trinajstić information content (AvgIpc) is 2.42. The Morgan fingerprint density at radius 1 is 1.21 bits per heavy atom. The predicted molar refractivity (Wildman–Crippen MR) is 65.7 cm³/mol. The van der Waals surface area contributed by atoms with Crippen LogP contribution in [0.25, 0.3) is 0 Å². The largest absolute Gasteiger partial charge is 0.480 e. The van der Waals surface area contributed by atoms with Crippen molar-refractivity contribution < 1.29 is 24.2 Å². The molecule has 0 aromatic rings. The van der Waals surface area contributed by atoms with Crippen LogP contribution in [0, 0.1) is 0 Å². The number of nitrogens with one attached hydrogen (secondary N) is 1. The first kappa shape index (κ1) is 15.2. The van der Waals surface area contributed by atoms with Crippen LogP contribution in [0.3, 0.4) is 0 Å². The minimum Gasteiger partial charge on any atom is -0.480 e. The van der Waals surface area contributed by atoms with Gasteiger partial charge < -0.3 is 20.1 Å². The van der Waals surface area contributed by atoms with E-state index in [9.17, 15) is 14.4 Å². The second-order valence-corrected chi connectivity index (χ2v) is 4.21. The van der Waals surface area contributed by atoms with Crippen LogP contribution in [0.2, 0.25) is 0 Å². The van der Waals surface area contributed by atoms with Crippen molar-refractivity contribution in [3.63, 3.8) is 0 Å². The normalized spacial score (nSPS) is 15.9. The molecular formula is C11H19N3O5. The molecule has 0 aliphatic carbocycles. The van der Waals surface area contributed by atoms with Gasteiger partial charge in [0, 0.05) is 32.7 Å². The van der Waals surface area contributed by atoms with Gasteiger partial charge in [-0.3, -0.25) is 14.5 Å². The van der Waals surface area contributed by atoms with Crippen LogP contribution < -0.4 is 5.32 Å². The number of methoxy groups -OCH3 is 1. The smallest absolute Gasteiger partial charge is 0.323 e. The number of hydrogen-bond donors (Lipinski definition) is 2. The summed E-state index contributed by atoms with van der Waals surface area (Å²) in [4.78, 5) is 36.5. The first-order valence-electron chi connectivity index (χ1n) is 6.06. The summed E-state index contributed by atoms with van der Waals surface area (Å²) >= 11 is 0. The van der Waals surface area contributed by atoms with E-state index in [-0.39, 0.29) is 18.5 Å². The molecule has 0 radical (unpaired) electrons. The molecule has 2 amide bonds. The summed E-state index contributed by atoms with van der Waals surface area (Å²) in [6, 6.07) is -0.366. The van der Waals surface area contributed by atoms with E-state index in [1.165, 1.54) is 7.11 Å². The molecule has 1 saturated heterocycles. The summed E-state index contributed by atoms with van der Waals surface area (Å²) < 4.78 is 4.56. The van der Waals surface area contributed by atoms with E-state index < -0.39 is 5.97 Å². The summed E-state index contributed by atoms with van der Waals surface area (Å²) in [5.41, 5.74) is 0. The van der Waals surface area contributed by atoms with Crippen molar-refractivity contribution in [2.45, 2.75) is 6.42 Å². The maximum Gasteiger partial charge on any atom is 0.323 e. The Morgan fingerprint density at radius 3 is 2.37 bits per heavy atom. The predicted octanol–water partition coefficient (Wildman–Crippen LogP) is -1.04. The molecule has 0 spiro atoms. The van der Waals surface area contributed by atoms with Gasteiger partial charge in [0.05, 0.1) is 13.5 Å². The number of carboxylic acids is 1. The van der Waals surface area contributed by atoms with E-state index in [0.29, 0.717) is 39.1 Å². The van der Waals surface area contributed by atoms with Crippen LogP contribution in [-0.2, 0) is 14.3 Å². The fourth-order valence-electron chi connectivity index (χ4n) is 1.79. The highest BCUT2D eigenvalue weighted by Crippen LogP contribution is 2.03. The molecule has 8 heteroatoms. The lowest BCUT2D eigenvalue weighted by Crippen LogP contribution is -2.52. The molecule has 0 unspecified atom stereocenters. The minimum absolute atomic E-state index is 0.248. The third-order valence-electron chi connectivity index (χ3n) is 2.91. The minimum atomic E-state index is -1.06. The number of urea groups is 1. The number of esters is 1. The van der Waals surface area contributed by atoms with Crippen LogP contribution in [0.4, 0.5) is 4.79 Å². The molecule has 1 fully saturated rings. The molecule has 1 aliphatic heterocycles. The number of ether oxygens (including phenoxy) is 1. The number of piperazine rings is 1. The number of aliphatic carboxylic acids is 1. The summed E-state index contributed by atoms with van der Waals surface area (Å²) in [5, 5.41) is 10.8. The van der Waals surface area contributed by atoms with Crippen molar-refractivity contribution >= 4 is 18.0 Å². The molecule has 19 heavy (non-hydrogen) atoms. The van der Waals surface area contributed by atoms with E-state index >= 15 is 0 Å². The maximum atomic E-state index is 11.6. The summed E-state index contributed by atoms with van der Waals surface area (Å²) in [5.74, 6) is -1.31. The van der Waals surface area contributed by atoms with E-state index in [2.05, 4.69) is 15.0 Å². The molecule has 0 saturated carbocycles. The Labute approximate surface area is 111 Å². The molecule has 1 rings (SSSR count). The Kier molecular flexibility index (Phi) is 6.07. The van der Waals surface area contributed by atoms with E-state index in [4.69, 9.17) is 5.11 Å². The third kappa shape index (κ3) is 5.56. The quantitative estimate of drug-likeness (QED) is 0.621. The van der Waals surface area contributed by atoms with Gasteiger partial charge in [0.25, 0.3) is 0 Å². The Balaban J connectivity index is 2.22. The Bertz CT molecular complexity index is 339.